The van der Waals surface area contributed by atoms with Gasteiger partial charge in [-0.05, 0) is 18.5 Å². The van der Waals surface area contributed by atoms with E-state index in [1.54, 1.807) is 6.92 Å². The van der Waals surface area contributed by atoms with Gasteiger partial charge >= 0.3 is 6.18 Å². The van der Waals surface area contributed by atoms with E-state index in [0.717, 1.165) is 6.07 Å². The van der Waals surface area contributed by atoms with Crippen LogP contribution in [0.25, 0.3) is 0 Å². The van der Waals surface area contributed by atoms with Crippen LogP contribution in [0.15, 0.2) is 6.07 Å². The molecule has 0 aliphatic heterocycles. The van der Waals surface area contributed by atoms with Gasteiger partial charge in [0, 0.05) is 6.07 Å². The summed E-state index contributed by atoms with van der Waals surface area (Å²) in [5, 5.41) is 2.09. The second-order valence-electron chi connectivity index (χ2n) is 2.94. The van der Waals surface area contributed by atoms with Crippen molar-refractivity contribution in [3.05, 3.63) is 17.0 Å². The van der Waals surface area contributed by atoms with Crippen LogP contribution in [0.4, 0.5) is 19.0 Å². The van der Waals surface area contributed by atoms with Crippen LogP contribution >= 0.6 is 11.6 Å². The SMILES string of the molecule is C#CC(C)Nc1cc(C(F)(F)F)nc(Cl)n1. The van der Waals surface area contributed by atoms with Crippen LogP contribution in [0.1, 0.15) is 12.6 Å². The van der Waals surface area contributed by atoms with Crippen LogP contribution in [0, 0.1) is 12.3 Å². The van der Waals surface area contributed by atoms with E-state index in [9.17, 15) is 13.2 Å². The summed E-state index contributed by atoms with van der Waals surface area (Å²) in [6.45, 7) is 1.60. The fourth-order valence-corrected chi connectivity index (χ4v) is 1.08. The number of hydrogen-bond donors (Lipinski definition) is 1. The fourth-order valence-electron chi connectivity index (χ4n) is 0.900. The summed E-state index contributed by atoms with van der Waals surface area (Å²) in [4.78, 5) is 6.66. The Labute approximate surface area is 95.0 Å². The average molecular weight is 250 g/mol. The number of terminal acetylenes is 1. The Morgan fingerprint density at radius 3 is 2.62 bits per heavy atom. The lowest BCUT2D eigenvalue weighted by atomic mass is 10.3. The lowest BCUT2D eigenvalue weighted by molar-refractivity contribution is -0.141. The third kappa shape index (κ3) is 3.28. The minimum absolute atomic E-state index is 0.0576. The lowest BCUT2D eigenvalue weighted by Crippen LogP contribution is -2.16. The second kappa shape index (κ2) is 4.58. The number of nitrogens with one attached hydrogen (secondary N) is 1. The van der Waals surface area contributed by atoms with Gasteiger partial charge in [-0.1, -0.05) is 5.92 Å². The van der Waals surface area contributed by atoms with Crippen LogP contribution in [-0.4, -0.2) is 16.0 Å². The molecular weight excluding hydrogens is 243 g/mol. The number of anilines is 1. The first-order valence-electron chi connectivity index (χ1n) is 4.17. The van der Waals surface area contributed by atoms with Crippen molar-refractivity contribution in [3.63, 3.8) is 0 Å². The van der Waals surface area contributed by atoms with E-state index in [4.69, 9.17) is 18.0 Å². The van der Waals surface area contributed by atoms with Gasteiger partial charge in [0.25, 0.3) is 0 Å². The summed E-state index contributed by atoms with van der Waals surface area (Å²) in [6, 6.07) is 0.298. The van der Waals surface area contributed by atoms with Gasteiger partial charge in [-0.15, -0.1) is 6.42 Å². The zero-order valence-corrected chi connectivity index (χ0v) is 8.89. The first-order chi connectivity index (χ1) is 7.32. The van der Waals surface area contributed by atoms with E-state index in [1.165, 1.54) is 0 Å². The molecule has 0 spiro atoms. The molecule has 0 saturated heterocycles. The molecule has 3 nitrogen and oxygen atoms in total. The maximum absolute atomic E-state index is 12.4. The molecule has 0 saturated carbocycles. The topological polar surface area (TPSA) is 37.8 Å². The van der Waals surface area contributed by atoms with Gasteiger partial charge in [-0.25, -0.2) is 9.97 Å². The molecule has 0 aliphatic rings. The Kier molecular flexibility index (Phi) is 3.60. The largest absolute Gasteiger partial charge is 0.433 e. The van der Waals surface area contributed by atoms with E-state index in [2.05, 4.69) is 21.2 Å². The number of rotatable bonds is 2. The van der Waals surface area contributed by atoms with Gasteiger partial charge in [0.15, 0.2) is 5.69 Å². The van der Waals surface area contributed by atoms with Gasteiger partial charge in [0.1, 0.15) is 5.82 Å². The third-order valence-electron chi connectivity index (χ3n) is 1.60. The predicted octanol–water partition coefficient (Wildman–Crippen LogP) is 2.58. The molecule has 1 rings (SSSR count). The highest BCUT2D eigenvalue weighted by molar-refractivity contribution is 6.28. The van der Waals surface area contributed by atoms with E-state index in [0.29, 0.717) is 0 Å². The molecule has 7 heteroatoms. The molecule has 1 atom stereocenters. The second-order valence-corrected chi connectivity index (χ2v) is 3.28. The van der Waals surface area contributed by atoms with E-state index >= 15 is 0 Å². The Morgan fingerprint density at radius 1 is 1.50 bits per heavy atom. The van der Waals surface area contributed by atoms with Crippen LogP contribution in [-0.2, 0) is 6.18 Å². The van der Waals surface area contributed by atoms with E-state index in [-0.39, 0.29) is 5.82 Å². The monoisotopic (exact) mass is 249 g/mol. The molecule has 0 aromatic carbocycles. The van der Waals surface area contributed by atoms with Crippen molar-refractivity contribution >= 4 is 17.4 Å². The van der Waals surface area contributed by atoms with Crippen molar-refractivity contribution in [2.75, 3.05) is 5.32 Å². The molecule has 0 aliphatic carbocycles. The summed E-state index contributed by atoms with van der Waals surface area (Å²) in [6.07, 6.45) is 0.504. The molecule has 1 aromatic rings. The summed E-state index contributed by atoms with van der Waals surface area (Å²) in [5.74, 6) is 2.24. The number of halogens is 4. The Hall–Kier alpha value is -1.48. The summed E-state index contributed by atoms with van der Waals surface area (Å²) in [5.41, 5.74) is -1.11. The quantitative estimate of drug-likeness (QED) is 0.647. The van der Waals surface area contributed by atoms with Gasteiger partial charge in [-0.3, -0.25) is 0 Å². The molecule has 1 aromatic heterocycles. The number of aromatic nitrogens is 2. The van der Waals surface area contributed by atoms with Crippen molar-refractivity contribution < 1.29 is 13.2 Å². The molecule has 0 amide bonds. The highest BCUT2D eigenvalue weighted by atomic mass is 35.5. The number of alkyl halides is 3. The van der Waals surface area contributed by atoms with E-state index in [1.807, 2.05) is 0 Å². The molecule has 0 fully saturated rings. The molecule has 1 unspecified atom stereocenters. The first kappa shape index (κ1) is 12.6. The highest BCUT2D eigenvalue weighted by Gasteiger charge is 2.33. The van der Waals surface area contributed by atoms with Gasteiger partial charge in [0.2, 0.25) is 5.28 Å². The average Bonchev–Trinajstić information content (AvgIpc) is 2.15. The van der Waals surface area contributed by atoms with Crippen LogP contribution < -0.4 is 5.32 Å². The van der Waals surface area contributed by atoms with Crippen molar-refractivity contribution in [2.45, 2.75) is 19.1 Å². The predicted molar refractivity (Wildman–Crippen MR) is 54.0 cm³/mol. The lowest BCUT2D eigenvalue weighted by Gasteiger charge is -2.11. The van der Waals surface area contributed by atoms with Gasteiger partial charge in [0.05, 0.1) is 6.04 Å². The minimum atomic E-state index is -4.57. The molecular formula is C9H7ClF3N3. The summed E-state index contributed by atoms with van der Waals surface area (Å²) < 4.78 is 37.1. The van der Waals surface area contributed by atoms with Crippen LogP contribution in [0.5, 0.6) is 0 Å². The van der Waals surface area contributed by atoms with Crippen LogP contribution in [0.2, 0.25) is 5.28 Å². The van der Waals surface area contributed by atoms with Crippen molar-refractivity contribution in [2.24, 2.45) is 0 Å². The molecule has 16 heavy (non-hydrogen) atoms. The minimum Gasteiger partial charge on any atom is -0.357 e. The summed E-state index contributed by atoms with van der Waals surface area (Å²) in [7, 11) is 0. The maximum atomic E-state index is 12.4. The van der Waals surface area contributed by atoms with Gasteiger partial charge < -0.3 is 5.32 Å². The van der Waals surface area contributed by atoms with Crippen molar-refractivity contribution in [1.29, 1.82) is 0 Å². The van der Waals surface area contributed by atoms with Crippen molar-refractivity contribution in [1.82, 2.24) is 9.97 Å². The number of hydrogen-bond acceptors (Lipinski definition) is 3. The smallest absolute Gasteiger partial charge is 0.357 e. The number of nitrogens with zero attached hydrogens (tertiary/aromatic N) is 2. The Balaban J connectivity index is 3.05. The maximum Gasteiger partial charge on any atom is 0.433 e. The van der Waals surface area contributed by atoms with Crippen LogP contribution in [0.3, 0.4) is 0 Å². The molecule has 86 valence electrons. The molecule has 1 heterocycles. The molecule has 0 radical (unpaired) electrons. The van der Waals surface area contributed by atoms with Crippen molar-refractivity contribution in [3.8, 4) is 12.3 Å². The van der Waals surface area contributed by atoms with Gasteiger partial charge in [-0.2, -0.15) is 13.2 Å². The Bertz CT molecular complexity index is 425. The zero-order valence-electron chi connectivity index (χ0n) is 8.14. The Morgan fingerprint density at radius 2 is 2.12 bits per heavy atom. The first-order valence-corrected chi connectivity index (χ1v) is 4.55. The normalized spacial score (nSPS) is 13.0. The highest BCUT2D eigenvalue weighted by Crippen LogP contribution is 2.29. The molecule has 1 N–H and O–H groups in total. The third-order valence-corrected chi connectivity index (χ3v) is 1.77. The fraction of sp³-hybridized carbons (Fsp3) is 0.333. The zero-order chi connectivity index (χ0) is 12.3. The molecule has 0 bridgehead atoms. The summed E-state index contributed by atoms with van der Waals surface area (Å²) >= 11 is 5.37. The standard InChI is InChI=1S/C9H7ClF3N3/c1-3-5(2)14-7-4-6(9(11,12)13)15-8(10)16-7/h1,4-5H,2H3,(H,14,15,16). The van der Waals surface area contributed by atoms with E-state index < -0.39 is 23.2 Å².